The summed E-state index contributed by atoms with van der Waals surface area (Å²) in [4.78, 5) is 33.8. The molecule has 0 N–H and O–H groups in total. The molecule has 0 spiro atoms. The van der Waals surface area contributed by atoms with E-state index in [0.29, 0.717) is 24.6 Å². The zero-order valence-corrected chi connectivity index (χ0v) is 17.0. The highest BCUT2D eigenvalue weighted by atomic mass is 16.2. The number of pyridine rings is 1. The van der Waals surface area contributed by atoms with E-state index in [0.717, 1.165) is 17.9 Å². The topological polar surface area (TPSA) is 53.5 Å². The third kappa shape index (κ3) is 3.19. The average molecular weight is 377 g/mol. The van der Waals surface area contributed by atoms with E-state index in [1.807, 2.05) is 47.9 Å². The van der Waals surface area contributed by atoms with Gasteiger partial charge in [0.05, 0.1) is 6.04 Å². The number of carbonyl (C=O) groups is 2. The molecule has 2 aliphatic rings. The summed E-state index contributed by atoms with van der Waals surface area (Å²) in [6, 6.07) is 12.1. The Balaban J connectivity index is 1.62. The van der Waals surface area contributed by atoms with E-state index in [-0.39, 0.29) is 23.8 Å². The van der Waals surface area contributed by atoms with Gasteiger partial charge in [0.1, 0.15) is 0 Å². The molecular formula is C23H27N3O2. The lowest BCUT2D eigenvalue weighted by molar-refractivity contribution is -0.130. The Bertz CT molecular complexity index is 919. The summed E-state index contributed by atoms with van der Waals surface area (Å²) in [5, 5.41) is 0. The van der Waals surface area contributed by atoms with Crippen molar-refractivity contribution in [1.29, 1.82) is 0 Å². The van der Waals surface area contributed by atoms with Gasteiger partial charge in [-0.05, 0) is 44.0 Å². The molecule has 0 aliphatic carbocycles. The third-order valence-electron chi connectivity index (χ3n) is 6.19. The normalized spacial score (nSPS) is 23.8. The van der Waals surface area contributed by atoms with Crippen LogP contribution in [0.25, 0.3) is 0 Å². The van der Waals surface area contributed by atoms with Crippen molar-refractivity contribution < 1.29 is 9.59 Å². The van der Waals surface area contributed by atoms with Crippen LogP contribution in [0.15, 0.2) is 36.4 Å². The quantitative estimate of drug-likeness (QED) is 0.807. The van der Waals surface area contributed by atoms with E-state index < -0.39 is 0 Å². The van der Waals surface area contributed by atoms with Gasteiger partial charge in [0.15, 0.2) is 0 Å². The van der Waals surface area contributed by atoms with E-state index in [9.17, 15) is 9.59 Å². The van der Waals surface area contributed by atoms with Gasteiger partial charge in [0.25, 0.3) is 5.91 Å². The van der Waals surface area contributed by atoms with Crippen molar-refractivity contribution >= 4 is 11.8 Å². The Kier molecular flexibility index (Phi) is 4.69. The van der Waals surface area contributed by atoms with E-state index in [2.05, 4.69) is 24.0 Å². The van der Waals surface area contributed by atoms with Crippen molar-refractivity contribution in [2.45, 2.75) is 33.7 Å². The summed E-state index contributed by atoms with van der Waals surface area (Å²) in [6.45, 7) is 9.70. The van der Waals surface area contributed by atoms with E-state index in [1.54, 1.807) is 6.92 Å². The second-order valence-electron chi connectivity index (χ2n) is 8.25. The van der Waals surface area contributed by atoms with Gasteiger partial charge in [-0.25, -0.2) is 0 Å². The van der Waals surface area contributed by atoms with Gasteiger partial charge in [0.2, 0.25) is 5.91 Å². The smallest absolute Gasteiger partial charge is 0.254 e. The molecule has 0 radical (unpaired) electrons. The molecule has 1 aromatic carbocycles. The molecule has 2 amide bonds. The fourth-order valence-corrected chi connectivity index (χ4v) is 4.99. The summed E-state index contributed by atoms with van der Waals surface area (Å²) in [6.07, 6.45) is 0. The lowest BCUT2D eigenvalue weighted by Gasteiger charge is -2.30. The minimum absolute atomic E-state index is 0.0439. The minimum Gasteiger partial charge on any atom is -0.338 e. The van der Waals surface area contributed by atoms with Gasteiger partial charge < -0.3 is 9.80 Å². The van der Waals surface area contributed by atoms with Crippen LogP contribution >= 0.6 is 0 Å². The highest BCUT2D eigenvalue weighted by Gasteiger charge is 2.49. The van der Waals surface area contributed by atoms with Crippen LogP contribution in [0.1, 0.15) is 45.8 Å². The predicted octanol–water partition coefficient (Wildman–Crippen LogP) is 3.30. The number of amides is 2. The van der Waals surface area contributed by atoms with Crippen LogP contribution in [0, 0.1) is 32.6 Å². The maximum Gasteiger partial charge on any atom is 0.254 e. The first-order valence-electron chi connectivity index (χ1n) is 9.92. The average Bonchev–Trinajstić information content (AvgIpc) is 3.19. The fourth-order valence-electron chi connectivity index (χ4n) is 4.99. The molecule has 3 atom stereocenters. The molecule has 2 aromatic rings. The molecule has 0 unspecified atom stereocenters. The van der Waals surface area contributed by atoms with Crippen LogP contribution in [-0.2, 0) is 4.79 Å². The van der Waals surface area contributed by atoms with Crippen LogP contribution in [0.5, 0.6) is 0 Å². The second kappa shape index (κ2) is 7.04. The first kappa shape index (κ1) is 18.7. The summed E-state index contributed by atoms with van der Waals surface area (Å²) in [7, 11) is 0. The molecule has 5 heteroatoms. The predicted molar refractivity (Wildman–Crippen MR) is 108 cm³/mol. The molecule has 28 heavy (non-hydrogen) atoms. The molecule has 2 saturated heterocycles. The van der Waals surface area contributed by atoms with Crippen molar-refractivity contribution in [1.82, 2.24) is 14.8 Å². The molecule has 0 bridgehead atoms. The standard InChI is InChI=1S/C23H27N3O2/c1-14-7-5-6-8-20(14)22-21-13-25(11-19(21)12-26(22)17(4)27)23(28)18-9-15(2)24-16(3)10-18/h5-10,19,21-22H,11-13H2,1-4H3/t19-,21-,22+/m1/s1. The highest BCUT2D eigenvalue weighted by molar-refractivity contribution is 5.94. The molecule has 1 aromatic heterocycles. The number of aromatic nitrogens is 1. The van der Waals surface area contributed by atoms with Crippen LogP contribution in [-0.4, -0.2) is 46.2 Å². The lowest BCUT2D eigenvalue weighted by atomic mass is 9.87. The van der Waals surface area contributed by atoms with Crippen molar-refractivity contribution in [2.75, 3.05) is 19.6 Å². The van der Waals surface area contributed by atoms with Crippen molar-refractivity contribution in [3.05, 3.63) is 64.5 Å². The van der Waals surface area contributed by atoms with Gasteiger partial charge in [-0.3, -0.25) is 14.6 Å². The lowest BCUT2D eigenvalue weighted by Crippen LogP contribution is -2.36. The Morgan fingerprint density at radius 1 is 1.00 bits per heavy atom. The van der Waals surface area contributed by atoms with Gasteiger partial charge >= 0.3 is 0 Å². The molecule has 146 valence electrons. The first-order chi connectivity index (χ1) is 13.3. The zero-order valence-electron chi connectivity index (χ0n) is 17.0. The van der Waals surface area contributed by atoms with E-state index in [4.69, 9.17) is 0 Å². The van der Waals surface area contributed by atoms with Crippen molar-refractivity contribution in [2.24, 2.45) is 11.8 Å². The number of carbonyl (C=O) groups excluding carboxylic acids is 2. The number of hydrogen-bond donors (Lipinski definition) is 0. The minimum atomic E-state index is 0.0439. The van der Waals surface area contributed by atoms with Gasteiger partial charge in [-0.2, -0.15) is 0 Å². The number of rotatable bonds is 2. The molecular weight excluding hydrogens is 350 g/mol. The summed E-state index contributed by atoms with van der Waals surface area (Å²) >= 11 is 0. The zero-order chi connectivity index (χ0) is 20.0. The molecule has 5 nitrogen and oxygen atoms in total. The number of aryl methyl sites for hydroxylation is 3. The molecule has 2 fully saturated rings. The van der Waals surface area contributed by atoms with Gasteiger partial charge in [-0.1, -0.05) is 24.3 Å². The van der Waals surface area contributed by atoms with Crippen LogP contribution in [0.2, 0.25) is 0 Å². The Labute approximate surface area is 166 Å². The fraction of sp³-hybridized carbons (Fsp3) is 0.435. The summed E-state index contributed by atoms with van der Waals surface area (Å²) < 4.78 is 0. The highest BCUT2D eigenvalue weighted by Crippen LogP contribution is 2.46. The molecule has 0 saturated carbocycles. The van der Waals surface area contributed by atoms with E-state index in [1.165, 1.54) is 11.1 Å². The van der Waals surface area contributed by atoms with Crippen LogP contribution in [0.4, 0.5) is 0 Å². The number of hydrogen-bond acceptors (Lipinski definition) is 3. The van der Waals surface area contributed by atoms with E-state index >= 15 is 0 Å². The maximum atomic E-state index is 13.1. The van der Waals surface area contributed by atoms with Crippen molar-refractivity contribution in [3.63, 3.8) is 0 Å². The number of likely N-dealkylation sites (tertiary alicyclic amines) is 2. The first-order valence-corrected chi connectivity index (χ1v) is 9.92. The monoisotopic (exact) mass is 377 g/mol. The molecule has 4 rings (SSSR count). The number of nitrogens with zero attached hydrogens (tertiary/aromatic N) is 3. The summed E-state index contributed by atoms with van der Waals surface area (Å²) in [5.41, 5.74) is 4.84. The number of benzene rings is 1. The number of fused-ring (bicyclic) bond motifs is 1. The molecule has 2 aliphatic heterocycles. The van der Waals surface area contributed by atoms with Gasteiger partial charge in [-0.15, -0.1) is 0 Å². The Morgan fingerprint density at radius 2 is 1.68 bits per heavy atom. The van der Waals surface area contributed by atoms with Gasteiger partial charge in [0, 0.05) is 55.3 Å². The summed E-state index contributed by atoms with van der Waals surface area (Å²) in [5.74, 6) is 0.779. The SMILES string of the molecule is CC(=O)N1C[C@H]2CN(C(=O)c3cc(C)nc(C)c3)C[C@H]2[C@@H]1c1ccccc1C. The van der Waals surface area contributed by atoms with Crippen molar-refractivity contribution in [3.8, 4) is 0 Å². The Hall–Kier alpha value is -2.69. The van der Waals surface area contributed by atoms with Crippen LogP contribution in [0.3, 0.4) is 0 Å². The maximum absolute atomic E-state index is 13.1. The Morgan fingerprint density at radius 3 is 2.32 bits per heavy atom. The third-order valence-corrected chi connectivity index (χ3v) is 6.19. The second-order valence-corrected chi connectivity index (χ2v) is 8.25. The van der Waals surface area contributed by atoms with Crippen LogP contribution < -0.4 is 0 Å². The molecule has 3 heterocycles. The largest absolute Gasteiger partial charge is 0.338 e.